The van der Waals surface area contributed by atoms with Crippen LogP contribution in [0.15, 0.2) is 23.9 Å². The number of carbonyl (C=O) groups is 1. The highest BCUT2D eigenvalue weighted by Gasteiger charge is 2.32. The summed E-state index contributed by atoms with van der Waals surface area (Å²) >= 11 is 6.13. The first-order chi connectivity index (χ1) is 15.3. The van der Waals surface area contributed by atoms with Gasteiger partial charge in [0.15, 0.2) is 0 Å². The van der Waals surface area contributed by atoms with Gasteiger partial charge in [-0.15, -0.1) is 0 Å². The van der Waals surface area contributed by atoms with Crippen LogP contribution in [0.1, 0.15) is 43.5 Å². The van der Waals surface area contributed by atoms with Crippen LogP contribution in [-0.4, -0.2) is 63.4 Å². The fourth-order valence-corrected chi connectivity index (χ4v) is 4.85. The van der Waals surface area contributed by atoms with Crippen molar-refractivity contribution in [1.29, 1.82) is 0 Å². The quantitative estimate of drug-likeness (QED) is 0.536. The summed E-state index contributed by atoms with van der Waals surface area (Å²) in [5.41, 5.74) is 7.97. The van der Waals surface area contributed by atoms with Crippen LogP contribution in [0.5, 0.6) is 5.75 Å². The van der Waals surface area contributed by atoms with E-state index in [0.29, 0.717) is 33.9 Å². The number of carbonyl (C=O) groups excluding carboxylic acids is 1. The highest BCUT2D eigenvalue weighted by molar-refractivity contribution is 6.33. The van der Waals surface area contributed by atoms with Crippen molar-refractivity contribution >= 4 is 23.2 Å². The number of nitrogen functional groups attached to an aromatic ring is 1. The number of hydrogen-bond donors (Lipinski definition) is 3. The Hall–Kier alpha value is -1.96. The number of anilines is 1. The molecule has 0 aliphatic carbocycles. The Kier molecular flexibility index (Phi) is 8.68. The van der Waals surface area contributed by atoms with E-state index in [0.717, 1.165) is 39.0 Å². The zero-order valence-corrected chi connectivity index (χ0v) is 20.4. The molecule has 1 unspecified atom stereocenters. The molecular formula is C24H37ClN4O3. The molecule has 4 N–H and O–H groups in total. The van der Waals surface area contributed by atoms with Crippen molar-refractivity contribution in [3.63, 3.8) is 0 Å². The minimum atomic E-state index is -0.230. The standard InChI is InChI=1S/C24H37ClN4O3/c1-15(2)9-17-10-16(5-7-27-17)13-29-8-6-21(23(14-29)32-4)28-24(30)18-11-19(25)20(26)12-22(18)31-3/h9,11-12,15-16,21,23,27H,5-8,10,13-14,26H2,1-4H3,(H,28,30)/t16?,21-,23+/m1/s1. The molecule has 2 aliphatic heterocycles. The number of nitrogens with two attached hydrogens (primary N) is 1. The number of piperidine rings is 2. The summed E-state index contributed by atoms with van der Waals surface area (Å²) in [6.07, 6.45) is 5.37. The Morgan fingerprint density at radius 1 is 1.38 bits per heavy atom. The Labute approximate surface area is 196 Å². The number of nitrogens with one attached hydrogen (secondary N) is 2. The number of amides is 1. The molecule has 8 heteroatoms. The molecule has 7 nitrogen and oxygen atoms in total. The summed E-state index contributed by atoms with van der Waals surface area (Å²) in [7, 11) is 3.22. The third kappa shape index (κ3) is 6.30. The van der Waals surface area contributed by atoms with E-state index in [9.17, 15) is 4.79 Å². The van der Waals surface area contributed by atoms with E-state index in [2.05, 4.69) is 35.5 Å². The Balaban J connectivity index is 1.59. The van der Waals surface area contributed by atoms with Crippen LogP contribution in [0.3, 0.4) is 0 Å². The van der Waals surface area contributed by atoms with Crippen LogP contribution in [0.4, 0.5) is 5.69 Å². The van der Waals surface area contributed by atoms with Crippen molar-refractivity contribution in [3.8, 4) is 5.75 Å². The molecule has 2 heterocycles. The summed E-state index contributed by atoms with van der Waals surface area (Å²) in [5, 5.41) is 7.00. The Bertz CT molecular complexity index is 830. The highest BCUT2D eigenvalue weighted by atomic mass is 35.5. The molecule has 1 aromatic carbocycles. The molecule has 1 aromatic rings. The zero-order chi connectivity index (χ0) is 23.3. The predicted molar refractivity (Wildman–Crippen MR) is 129 cm³/mol. The summed E-state index contributed by atoms with van der Waals surface area (Å²) < 4.78 is 11.1. The van der Waals surface area contributed by atoms with Crippen molar-refractivity contribution in [2.75, 3.05) is 46.1 Å². The predicted octanol–water partition coefficient (Wildman–Crippen LogP) is 3.29. The molecule has 0 spiro atoms. The summed E-state index contributed by atoms with van der Waals surface area (Å²) in [4.78, 5) is 15.4. The maximum Gasteiger partial charge on any atom is 0.255 e. The van der Waals surface area contributed by atoms with Gasteiger partial charge in [-0.3, -0.25) is 4.79 Å². The smallest absolute Gasteiger partial charge is 0.255 e. The second kappa shape index (κ2) is 11.3. The number of rotatable bonds is 7. The third-order valence-electron chi connectivity index (χ3n) is 6.29. The monoisotopic (exact) mass is 464 g/mol. The number of allylic oxidation sites excluding steroid dienone is 2. The largest absolute Gasteiger partial charge is 0.496 e. The van der Waals surface area contributed by atoms with Crippen LogP contribution in [0.25, 0.3) is 0 Å². The van der Waals surface area contributed by atoms with Crippen LogP contribution in [-0.2, 0) is 4.74 Å². The molecule has 3 atom stereocenters. The number of benzene rings is 1. The molecule has 2 fully saturated rings. The molecule has 0 bridgehead atoms. The van der Waals surface area contributed by atoms with Crippen molar-refractivity contribution in [2.24, 2.45) is 11.8 Å². The molecule has 2 saturated heterocycles. The minimum Gasteiger partial charge on any atom is -0.496 e. The second-order valence-electron chi connectivity index (χ2n) is 9.20. The van der Waals surface area contributed by atoms with Gasteiger partial charge in [-0.05, 0) is 37.2 Å². The number of hydrogen-bond acceptors (Lipinski definition) is 6. The average Bonchev–Trinajstić information content (AvgIpc) is 2.76. The van der Waals surface area contributed by atoms with Crippen LogP contribution >= 0.6 is 11.6 Å². The van der Waals surface area contributed by atoms with Crippen molar-refractivity contribution < 1.29 is 14.3 Å². The van der Waals surface area contributed by atoms with Gasteiger partial charge in [-0.2, -0.15) is 0 Å². The number of ether oxygens (including phenoxy) is 2. The second-order valence-corrected chi connectivity index (χ2v) is 9.61. The lowest BCUT2D eigenvalue weighted by Crippen LogP contribution is -2.55. The van der Waals surface area contributed by atoms with E-state index in [1.807, 2.05) is 0 Å². The topological polar surface area (TPSA) is 88.8 Å². The van der Waals surface area contributed by atoms with E-state index >= 15 is 0 Å². The van der Waals surface area contributed by atoms with E-state index in [1.54, 1.807) is 19.2 Å². The Morgan fingerprint density at radius 3 is 2.84 bits per heavy atom. The lowest BCUT2D eigenvalue weighted by Gasteiger charge is -2.40. The number of halogens is 1. The van der Waals surface area contributed by atoms with Gasteiger partial charge >= 0.3 is 0 Å². The molecule has 178 valence electrons. The summed E-state index contributed by atoms with van der Waals surface area (Å²) in [5.74, 6) is 1.38. The van der Waals surface area contributed by atoms with Crippen LogP contribution < -0.4 is 21.1 Å². The third-order valence-corrected chi connectivity index (χ3v) is 6.62. The fraction of sp³-hybridized carbons (Fsp3) is 0.625. The van der Waals surface area contributed by atoms with E-state index < -0.39 is 0 Å². The average molecular weight is 465 g/mol. The molecule has 1 amide bonds. The van der Waals surface area contributed by atoms with Gasteiger partial charge in [0.25, 0.3) is 5.91 Å². The molecule has 32 heavy (non-hydrogen) atoms. The Morgan fingerprint density at radius 2 is 2.16 bits per heavy atom. The first-order valence-electron chi connectivity index (χ1n) is 11.4. The van der Waals surface area contributed by atoms with Gasteiger partial charge in [0.1, 0.15) is 5.75 Å². The number of nitrogens with zero attached hydrogens (tertiary/aromatic N) is 1. The molecule has 0 radical (unpaired) electrons. The molecule has 2 aliphatic rings. The first-order valence-corrected chi connectivity index (χ1v) is 11.8. The maximum absolute atomic E-state index is 13.0. The fourth-order valence-electron chi connectivity index (χ4n) is 4.68. The van der Waals surface area contributed by atoms with Crippen molar-refractivity contribution in [3.05, 3.63) is 34.5 Å². The first kappa shape index (κ1) is 24.7. The normalized spacial score (nSPS) is 25.6. The molecule has 0 saturated carbocycles. The summed E-state index contributed by atoms with van der Waals surface area (Å²) in [6, 6.07) is 3.06. The van der Waals surface area contributed by atoms with Crippen molar-refractivity contribution in [2.45, 2.75) is 45.3 Å². The van der Waals surface area contributed by atoms with Crippen molar-refractivity contribution in [1.82, 2.24) is 15.5 Å². The lowest BCUT2D eigenvalue weighted by atomic mass is 9.92. The zero-order valence-electron chi connectivity index (χ0n) is 19.6. The van der Waals surface area contributed by atoms with Crippen LogP contribution in [0.2, 0.25) is 5.02 Å². The van der Waals surface area contributed by atoms with Gasteiger partial charge < -0.3 is 30.7 Å². The van der Waals surface area contributed by atoms with Crippen LogP contribution in [0, 0.1) is 11.8 Å². The summed E-state index contributed by atoms with van der Waals surface area (Å²) in [6.45, 7) is 8.25. The van der Waals surface area contributed by atoms with Gasteiger partial charge in [-0.1, -0.05) is 31.5 Å². The maximum atomic E-state index is 13.0. The van der Waals surface area contributed by atoms with Gasteiger partial charge in [0, 0.05) is 45.1 Å². The van der Waals surface area contributed by atoms with Gasteiger partial charge in [0.2, 0.25) is 0 Å². The van der Waals surface area contributed by atoms with E-state index in [-0.39, 0.29) is 18.1 Å². The van der Waals surface area contributed by atoms with E-state index in [4.69, 9.17) is 26.8 Å². The van der Waals surface area contributed by atoms with Gasteiger partial charge in [-0.25, -0.2) is 0 Å². The highest BCUT2D eigenvalue weighted by Crippen LogP contribution is 2.29. The SMILES string of the molecule is COc1cc(N)c(Cl)cc1C(=O)N[C@@H]1CCN(CC2CCNC(=CC(C)C)C2)C[C@@H]1OC. The van der Waals surface area contributed by atoms with E-state index in [1.165, 1.54) is 19.2 Å². The van der Waals surface area contributed by atoms with Gasteiger partial charge in [0.05, 0.1) is 35.5 Å². The number of methoxy groups -OCH3 is 2. The minimum absolute atomic E-state index is 0.0738. The molecular weight excluding hydrogens is 428 g/mol. The number of likely N-dealkylation sites (tertiary alicyclic amines) is 1. The molecule has 3 rings (SSSR count). The lowest BCUT2D eigenvalue weighted by molar-refractivity contribution is 0.00116. The molecule has 0 aromatic heterocycles.